The van der Waals surface area contributed by atoms with Crippen LogP contribution in [0.1, 0.15) is 26.3 Å². The number of rotatable bonds is 7. The predicted molar refractivity (Wildman–Crippen MR) is 73.8 cm³/mol. The third-order valence-corrected chi connectivity index (χ3v) is 2.57. The number of methoxy groups -OCH3 is 1. The Kier molecular flexibility index (Phi) is 5.98. The van der Waals surface area contributed by atoms with Gasteiger partial charge in [0, 0.05) is 32.0 Å². The number of hydrogen-bond acceptors (Lipinski definition) is 4. The van der Waals surface area contributed by atoms with Crippen molar-refractivity contribution in [2.45, 2.75) is 32.9 Å². The maximum atomic E-state index is 11.4. The number of nitrogens with one attached hydrogen (secondary N) is 2. The van der Waals surface area contributed by atoms with E-state index in [1.54, 1.807) is 7.11 Å². The Morgan fingerprint density at radius 3 is 2.79 bits per heavy atom. The van der Waals surface area contributed by atoms with Gasteiger partial charge in [0.2, 0.25) is 5.91 Å². The molecule has 0 bridgehead atoms. The van der Waals surface area contributed by atoms with Gasteiger partial charge < -0.3 is 15.4 Å². The third-order valence-electron chi connectivity index (χ3n) is 2.57. The molecule has 2 N–H and O–H groups in total. The minimum absolute atomic E-state index is 0.0181. The van der Waals surface area contributed by atoms with Crippen molar-refractivity contribution in [1.29, 1.82) is 0 Å². The summed E-state index contributed by atoms with van der Waals surface area (Å²) in [5.41, 5.74) is 1.05. The maximum Gasteiger partial charge on any atom is 0.234 e. The van der Waals surface area contributed by atoms with Crippen LogP contribution >= 0.6 is 0 Å². The molecule has 0 saturated heterocycles. The number of hydrogen-bond donors (Lipinski definition) is 2. The Bertz CT molecular complexity index is 396. The van der Waals surface area contributed by atoms with Crippen LogP contribution in [0.3, 0.4) is 0 Å². The molecule has 1 amide bonds. The molecule has 19 heavy (non-hydrogen) atoms. The van der Waals surface area contributed by atoms with Gasteiger partial charge in [0.1, 0.15) is 0 Å². The second-order valence-electron chi connectivity index (χ2n) is 5.41. The summed E-state index contributed by atoms with van der Waals surface area (Å²) < 4.78 is 6.77. The molecule has 0 unspecified atom stereocenters. The van der Waals surface area contributed by atoms with Crippen molar-refractivity contribution in [2.75, 3.05) is 26.8 Å². The van der Waals surface area contributed by atoms with Crippen LogP contribution in [-0.2, 0) is 21.6 Å². The Morgan fingerprint density at radius 1 is 1.47 bits per heavy atom. The molecule has 0 spiro atoms. The highest BCUT2D eigenvalue weighted by Gasteiger charge is 2.13. The lowest BCUT2D eigenvalue weighted by Gasteiger charge is -2.18. The molecule has 6 nitrogen and oxygen atoms in total. The van der Waals surface area contributed by atoms with Crippen LogP contribution in [0.2, 0.25) is 0 Å². The number of ether oxygens (including phenoxy) is 1. The minimum atomic E-state index is -0.0275. The molecule has 0 fully saturated rings. The Morgan fingerprint density at radius 2 is 2.21 bits per heavy atom. The van der Waals surface area contributed by atoms with Gasteiger partial charge in [0.05, 0.1) is 24.9 Å². The van der Waals surface area contributed by atoms with Gasteiger partial charge in [-0.3, -0.25) is 9.48 Å². The Balaban J connectivity index is 2.26. The molecule has 0 saturated carbocycles. The lowest BCUT2D eigenvalue weighted by molar-refractivity contribution is -0.120. The molecule has 108 valence electrons. The van der Waals surface area contributed by atoms with Crippen LogP contribution in [-0.4, -0.2) is 42.5 Å². The van der Waals surface area contributed by atoms with E-state index >= 15 is 0 Å². The van der Waals surface area contributed by atoms with E-state index in [-0.39, 0.29) is 11.4 Å². The van der Waals surface area contributed by atoms with Crippen molar-refractivity contribution in [1.82, 2.24) is 20.4 Å². The molecule has 0 aromatic carbocycles. The van der Waals surface area contributed by atoms with Gasteiger partial charge in [0.15, 0.2) is 0 Å². The first-order valence-corrected chi connectivity index (χ1v) is 6.44. The van der Waals surface area contributed by atoms with E-state index in [0.29, 0.717) is 26.2 Å². The van der Waals surface area contributed by atoms with E-state index < -0.39 is 0 Å². The average molecular weight is 268 g/mol. The van der Waals surface area contributed by atoms with Crippen LogP contribution < -0.4 is 10.6 Å². The number of aromatic nitrogens is 2. The number of nitrogens with zero attached hydrogens (tertiary/aromatic N) is 2. The summed E-state index contributed by atoms with van der Waals surface area (Å²) in [6.07, 6.45) is 3.82. The fourth-order valence-electron chi connectivity index (χ4n) is 1.49. The molecular weight excluding hydrogens is 244 g/mol. The van der Waals surface area contributed by atoms with E-state index in [9.17, 15) is 4.79 Å². The summed E-state index contributed by atoms with van der Waals surface area (Å²) in [5.74, 6) is -0.0275. The quantitative estimate of drug-likeness (QED) is 0.706. The zero-order chi connectivity index (χ0) is 14.3. The summed E-state index contributed by atoms with van der Waals surface area (Å²) in [7, 11) is 1.61. The van der Waals surface area contributed by atoms with Gasteiger partial charge in [0.25, 0.3) is 0 Å². The van der Waals surface area contributed by atoms with Crippen molar-refractivity contribution in [2.24, 2.45) is 0 Å². The zero-order valence-corrected chi connectivity index (χ0v) is 12.2. The fourth-order valence-corrected chi connectivity index (χ4v) is 1.49. The molecule has 0 aliphatic carbocycles. The Hall–Kier alpha value is -1.40. The topological polar surface area (TPSA) is 68.2 Å². The monoisotopic (exact) mass is 268 g/mol. The molecule has 1 aromatic rings. The minimum Gasteiger partial charge on any atom is -0.383 e. The highest BCUT2D eigenvalue weighted by atomic mass is 16.5. The molecule has 1 aromatic heterocycles. The molecule has 1 rings (SSSR count). The first kappa shape index (κ1) is 15.7. The van der Waals surface area contributed by atoms with Gasteiger partial charge in [-0.05, 0) is 20.8 Å². The van der Waals surface area contributed by atoms with Crippen molar-refractivity contribution < 1.29 is 9.53 Å². The highest BCUT2D eigenvalue weighted by Crippen LogP contribution is 2.12. The SMILES string of the molecule is COCCNC(=O)CNCc1cnn(C(C)(C)C)c1. The van der Waals surface area contributed by atoms with E-state index in [4.69, 9.17) is 4.74 Å². The second kappa shape index (κ2) is 7.25. The predicted octanol–water partition coefficient (Wildman–Crippen LogP) is 0.490. The summed E-state index contributed by atoms with van der Waals surface area (Å²) >= 11 is 0. The van der Waals surface area contributed by atoms with Crippen LogP contribution in [0.15, 0.2) is 12.4 Å². The highest BCUT2D eigenvalue weighted by molar-refractivity contribution is 5.77. The molecule has 1 heterocycles. The summed E-state index contributed by atoms with van der Waals surface area (Å²) in [6, 6.07) is 0. The van der Waals surface area contributed by atoms with Crippen molar-refractivity contribution in [3.63, 3.8) is 0 Å². The van der Waals surface area contributed by atoms with E-state index in [1.807, 2.05) is 17.1 Å². The molecule has 6 heteroatoms. The van der Waals surface area contributed by atoms with Gasteiger partial charge >= 0.3 is 0 Å². The largest absolute Gasteiger partial charge is 0.383 e. The summed E-state index contributed by atoms with van der Waals surface area (Å²) in [6.45, 7) is 8.29. The number of carbonyl (C=O) groups is 1. The standard InChI is InChI=1S/C13H24N4O2/c1-13(2,3)17-10-11(8-16-17)7-14-9-12(18)15-5-6-19-4/h8,10,14H,5-7,9H2,1-4H3,(H,15,18). The van der Waals surface area contributed by atoms with Gasteiger partial charge in [-0.25, -0.2) is 0 Å². The van der Waals surface area contributed by atoms with Crippen LogP contribution in [0.4, 0.5) is 0 Å². The van der Waals surface area contributed by atoms with Crippen molar-refractivity contribution >= 4 is 5.91 Å². The Labute approximate surface area is 114 Å². The van der Waals surface area contributed by atoms with Crippen molar-refractivity contribution in [3.05, 3.63) is 18.0 Å². The van der Waals surface area contributed by atoms with E-state index in [1.165, 1.54) is 0 Å². The molecule has 0 radical (unpaired) electrons. The van der Waals surface area contributed by atoms with Crippen molar-refractivity contribution in [3.8, 4) is 0 Å². The smallest absolute Gasteiger partial charge is 0.234 e. The second-order valence-corrected chi connectivity index (χ2v) is 5.41. The molecule has 0 atom stereocenters. The first-order valence-electron chi connectivity index (χ1n) is 6.44. The van der Waals surface area contributed by atoms with Gasteiger partial charge in [-0.15, -0.1) is 0 Å². The van der Waals surface area contributed by atoms with E-state index in [0.717, 1.165) is 5.56 Å². The van der Waals surface area contributed by atoms with Crippen LogP contribution in [0.25, 0.3) is 0 Å². The number of amides is 1. The molecule has 0 aliphatic heterocycles. The summed E-state index contributed by atoms with van der Waals surface area (Å²) in [5, 5.41) is 10.1. The van der Waals surface area contributed by atoms with E-state index in [2.05, 4.69) is 36.5 Å². The maximum absolute atomic E-state index is 11.4. The average Bonchev–Trinajstić information content (AvgIpc) is 2.78. The third kappa shape index (κ3) is 5.85. The zero-order valence-electron chi connectivity index (χ0n) is 12.2. The fraction of sp³-hybridized carbons (Fsp3) is 0.692. The number of carbonyl (C=O) groups excluding carboxylic acids is 1. The lowest BCUT2D eigenvalue weighted by Crippen LogP contribution is -2.35. The van der Waals surface area contributed by atoms with Crippen LogP contribution in [0.5, 0.6) is 0 Å². The lowest BCUT2D eigenvalue weighted by atomic mass is 10.1. The normalized spacial score (nSPS) is 11.6. The van der Waals surface area contributed by atoms with Crippen LogP contribution in [0, 0.1) is 0 Å². The van der Waals surface area contributed by atoms with Gasteiger partial charge in [-0.1, -0.05) is 0 Å². The summed E-state index contributed by atoms with van der Waals surface area (Å²) in [4.78, 5) is 11.4. The molecular formula is C13H24N4O2. The van der Waals surface area contributed by atoms with Gasteiger partial charge in [-0.2, -0.15) is 5.10 Å². The first-order chi connectivity index (χ1) is 8.93. The molecule has 0 aliphatic rings.